The Labute approximate surface area is 121 Å². The molecule has 0 fully saturated rings. The summed E-state index contributed by atoms with van der Waals surface area (Å²) in [7, 11) is -3.00. The van der Waals surface area contributed by atoms with Crippen LogP contribution in [0.4, 0.5) is 5.69 Å². The number of nitrogens with zero attached hydrogens (tertiary/aromatic N) is 4. The second-order valence-corrected chi connectivity index (χ2v) is 7.12. The molecule has 0 atom stereocenters. The third-order valence-corrected chi connectivity index (χ3v) is 4.01. The van der Waals surface area contributed by atoms with E-state index in [1.165, 1.54) is 10.9 Å². The van der Waals surface area contributed by atoms with Gasteiger partial charge in [-0.25, -0.2) is 13.1 Å². The van der Waals surface area contributed by atoms with Crippen LogP contribution in [0.3, 0.4) is 0 Å². The van der Waals surface area contributed by atoms with Crippen molar-refractivity contribution in [3.8, 4) is 11.4 Å². The Morgan fingerprint density at radius 3 is 2.85 bits per heavy atom. The SMILES string of the molecule is CS(=O)(=O)CCCn1nnnc1-c1cc(N)ccc1Cl. The van der Waals surface area contributed by atoms with Gasteiger partial charge in [-0.05, 0) is 35.0 Å². The molecule has 0 saturated heterocycles. The molecule has 0 bridgehead atoms. The molecule has 7 nitrogen and oxygen atoms in total. The number of tetrazole rings is 1. The molecule has 0 saturated carbocycles. The van der Waals surface area contributed by atoms with E-state index in [1.807, 2.05) is 0 Å². The highest BCUT2D eigenvalue weighted by atomic mass is 35.5. The van der Waals surface area contributed by atoms with Gasteiger partial charge < -0.3 is 5.73 Å². The van der Waals surface area contributed by atoms with Crippen molar-refractivity contribution < 1.29 is 8.42 Å². The lowest BCUT2D eigenvalue weighted by molar-refractivity contribution is 0.567. The van der Waals surface area contributed by atoms with Gasteiger partial charge in [-0.1, -0.05) is 11.6 Å². The second kappa shape index (κ2) is 5.76. The van der Waals surface area contributed by atoms with Crippen molar-refractivity contribution in [3.63, 3.8) is 0 Å². The van der Waals surface area contributed by atoms with Crippen LogP contribution in [-0.2, 0) is 16.4 Å². The van der Waals surface area contributed by atoms with E-state index in [0.717, 1.165) is 0 Å². The van der Waals surface area contributed by atoms with E-state index < -0.39 is 9.84 Å². The highest BCUT2D eigenvalue weighted by Crippen LogP contribution is 2.27. The normalized spacial score (nSPS) is 11.7. The molecule has 0 spiro atoms. The predicted molar refractivity (Wildman–Crippen MR) is 77.0 cm³/mol. The number of rotatable bonds is 5. The first-order chi connectivity index (χ1) is 9.37. The summed E-state index contributed by atoms with van der Waals surface area (Å²) >= 11 is 6.11. The van der Waals surface area contributed by atoms with E-state index >= 15 is 0 Å². The van der Waals surface area contributed by atoms with E-state index in [2.05, 4.69) is 15.5 Å². The number of aryl methyl sites for hydroxylation is 1. The first-order valence-corrected chi connectivity index (χ1v) is 8.30. The van der Waals surface area contributed by atoms with Gasteiger partial charge in [0.15, 0.2) is 5.82 Å². The summed E-state index contributed by atoms with van der Waals surface area (Å²) in [6, 6.07) is 5.03. The average molecular weight is 316 g/mol. The molecule has 108 valence electrons. The molecule has 2 aromatic rings. The minimum Gasteiger partial charge on any atom is -0.399 e. The summed E-state index contributed by atoms with van der Waals surface area (Å²) in [6.45, 7) is 0.389. The van der Waals surface area contributed by atoms with Gasteiger partial charge in [-0.15, -0.1) is 5.10 Å². The van der Waals surface area contributed by atoms with Crippen LogP contribution in [-0.4, -0.2) is 40.6 Å². The molecule has 20 heavy (non-hydrogen) atoms. The molecule has 9 heteroatoms. The van der Waals surface area contributed by atoms with Gasteiger partial charge in [-0.2, -0.15) is 0 Å². The minimum absolute atomic E-state index is 0.0803. The van der Waals surface area contributed by atoms with Crippen LogP contribution in [0.25, 0.3) is 11.4 Å². The average Bonchev–Trinajstić information content (AvgIpc) is 2.79. The van der Waals surface area contributed by atoms with Gasteiger partial charge in [0.25, 0.3) is 0 Å². The van der Waals surface area contributed by atoms with Crippen LogP contribution in [0.5, 0.6) is 0 Å². The smallest absolute Gasteiger partial charge is 0.183 e. The first-order valence-electron chi connectivity index (χ1n) is 5.86. The summed E-state index contributed by atoms with van der Waals surface area (Å²) in [5.41, 5.74) is 6.90. The van der Waals surface area contributed by atoms with Crippen LogP contribution in [0.2, 0.25) is 5.02 Å². The Kier molecular flexibility index (Phi) is 4.24. The van der Waals surface area contributed by atoms with Crippen LogP contribution >= 0.6 is 11.6 Å². The summed E-state index contributed by atoms with van der Waals surface area (Å²) in [6.07, 6.45) is 1.62. The Morgan fingerprint density at radius 1 is 1.40 bits per heavy atom. The zero-order valence-electron chi connectivity index (χ0n) is 10.8. The Hall–Kier alpha value is -1.67. The van der Waals surface area contributed by atoms with Gasteiger partial charge in [0.05, 0.1) is 10.8 Å². The molecule has 1 heterocycles. The number of sulfone groups is 1. The van der Waals surface area contributed by atoms with Crippen molar-refractivity contribution in [3.05, 3.63) is 23.2 Å². The molecule has 0 radical (unpaired) electrons. The molecule has 1 aromatic carbocycles. The maximum Gasteiger partial charge on any atom is 0.183 e. The van der Waals surface area contributed by atoms with E-state index in [-0.39, 0.29) is 5.75 Å². The van der Waals surface area contributed by atoms with Crippen LogP contribution < -0.4 is 5.73 Å². The van der Waals surface area contributed by atoms with Gasteiger partial charge in [0.1, 0.15) is 9.84 Å². The second-order valence-electron chi connectivity index (χ2n) is 4.45. The molecule has 2 rings (SSSR count). The Morgan fingerprint density at radius 2 is 2.15 bits per heavy atom. The van der Waals surface area contributed by atoms with Crippen molar-refractivity contribution in [1.82, 2.24) is 20.2 Å². The van der Waals surface area contributed by atoms with Crippen molar-refractivity contribution in [2.24, 2.45) is 0 Å². The van der Waals surface area contributed by atoms with Gasteiger partial charge in [0, 0.05) is 24.1 Å². The lowest BCUT2D eigenvalue weighted by Gasteiger charge is -2.06. The summed E-state index contributed by atoms with van der Waals surface area (Å²) < 4.78 is 23.7. The molecule has 0 aliphatic rings. The molecule has 0 unspecified atom stereocenters. The number of benzene rings is 1. The largest absolute Gasteiger partial charge is 0.399 e. The third kappa shape index (κ3) is 3.67. The number of nitrogen functional groups attached to an aromatic ring is 1. The highest BCUT2D eigenvalue weighted by Gasteiger charge is 2.13. The Balaban J connectivity index is 2.22. The fourth-order valence-corrected chi connectivity index (χ4v) is 2.59. The standard InChI is InChI=1S/C11H14ClN5O2S/c1-20(18,19)6-2-5-17-11(14-15-16-17)9-7-8(13)3-4-10(9)12/h3-4,7H,2,5-6,13H2,1H3. The maximum atomic E-state index is 11.1. The minimum atomic E-state index is -3.00. The number of nitrogens with two attached hydrogens (primary N) is 1. The van der Waals surface area contributed by atoms with E-state index in [0.29, 0.717) is 35.1 Å². The third-order valence-electron chi connectivity index (χ3n) is 2.65. The molecule has 0 amide bonds. The predicted octanol–water partition coefficient (Wildman–Crippen LogP) is 1.01. The molecule has 0 aliphatic heterocycles. The van der Waals surface area contributed by atoms with E-state index in [1.54, 1.807) is 18.2 Å². The summed E-state index contributed by atoms with van der Waals surface area (Å²) in [5.74, 6) is 0.549. The van der Waals surface area contributed by atoms with Crippen LogP contribution in [0, 0.1) is 0 Å². The molecule has 2 N–H and O–H groups in total. The van der Waals surface area contributed by atoms with E-state index in [4.69, 9.17) is 17.3 Å². The zero-order chi connectivity index (χ0) is 14.8. The van der Waals surface area contributed by atoms with Crippen LogP contribution in [0.15, 0.2) is 18.2 Å². The topological polar surface area (TPSA) is 104 Å². The maximum absolute atomic E-state index is 11.1. The lowest BCUT2D eigenvalue weighted by Crippen LogP contribution is -2.09. The number of hydrogen-bond donors (Lipinski definition) is 1. The molecule has 0 aliphatic carbocycles. The summed E-state index contributed by atoms with van der Waals surface area (Å²) in [4.78, 5) is 0. The molecular formula is C11H14ClN5O2S. The van der Waals surface area contributed by atoms with Gasteiger partial charge in [-0.3, -0.25) is 0 Å². The fraction of sp³-hybridized carbons (Fsp3) is 0.364. The number of halogens is 1. The van der Waals surface area contributed by atoms with Gasteiger partial charge >= 0.3 is 0 Å². The number of anilines is 1. The zero-order valence-corrected chi connectivity index (χ0v) is 12.4. The highest BCUT2D eigenvalue weighted by molar-refractivity contribution is 7.90. The Bertz CT molecular complexity index is 713. The molecular weight excluding hydrogens is 302 g/mol. The quantitative estimate of drug-likeness (QED) is 0.826. The lowest BCUT2D eigenvalue weighted by atomic mass is 10.2. The van der Waals surface area contributed by atoms with Crippen molar-refractivity contribution in [2.45, 2.75) is 13.0 Å². The summed E-state index contributed by atoms with van der Waals surface area (Å²) in [5, 5.41) is 11.8. The first kappa shape index (κ1) is 14.7. The van der Waals surface area contributed by atoms with E-state index in [9.17, 15) is 8.42 Å². The number of aromatic nitrogens is 4. The van der Waals surface area contributed by atoms with Crippen molar-refractivity contribution in [1.29, 1.82) is 0 Å². The van der Waals surface area contributed by atoms with Crippen molar-refractivity contribution in [2.75, 3.05) is 17.7 Å². The fourth-order valence-electron chi connectivity index (χ4n) is 1.74. The number of hydrogen-bond acceptors (Lipinski definition) is 6. The van der Waals surface area contributed by atoms with Crippen LogP contribution in [0.1, 0.15) is 6.42 Å². The van der Waals surface area contributed by atoms with Gasteiger partial charge in [0.2, 0.25) is 0 Å². The molecule has 1 aromatic heterocycles. The monoisotopic (exact) mass is 315 g/mol. The van der Waals surface area contributed by atoms with Crippen molar-refractivity contribution >= 4 is 27.1 Å².